The minimum atomic E-state index is -3.87. The van der Waals surface area contributed by atoms with Gasteiger partial charge in [-0.3, -0.25) is 14.6 Å². The zero-order valence-electron chi connectivity index (χ0n) is 21.9. The number of benzene rings is 2. The van der Waals surface area contributed by atoms with E-state index in [1.165, 1.54) is 6.07 Å². The first-order valence-electron chi connectivity index (χ1n) is 13.1. The highest BCUT2D eigenvalue weighted by Crippen LogP contribution is 2.32. The molecule has 4 N–H and O–H groups in total. The molecule has 1 atom stereocenters. The van der Waals surface area contributed by atoms with Crippen LogP contribution in [0.5, 0.6) is 0 Å². The quantitative estimate of drug-likeness (QED) is 0.338. The van der Waals surface area contributed by atoms with Gasteiger partial charge in [0.25, 0.3) is 0 Å². The average Bonchev–Trinajstić information content (AvgIpc) is 3.45. The number of hydrogen-bond donors (Lipinski definition) is 3. The maximum absolute atomic E-state index is 13.6. The highest BCUT2D eigenvalue weighted by molar-refractivity contribution is 7.89. The van der Waals surface area contributed by atoms with E-state index >= 15 is 0 Å². The largest absolute Gasteiger partial charge is 0.368 e. The number of nitrogen functional groups attached to an aromatic ring is 1. The Morgan fingerprint density at radius 3 is 2.58 bits per heavy atom. The zero-order chi connectivity index (χ0) is 28.2. The third kappa shape index (κ3) is 6.02. The number of fused-ring (bicyclic) bond motifs is 1. The predicted octanol–water partition coefficient (Wildman–Crippen LogP) is 1.86. The number of nitrogens with zero attached hydrogens (tertiary/aromatic N) is 4. The molecule has 40 heavy (non-hydrogen) atoms. The van der Waals surface area contributed by atoms with E-state index in [0.29, 0.717) is 25.9 Å². The van der Waals surface area contributed by atoms with Gasteiger partial charge in [0.15, 0.2) is 5.78 Å². The fourth-order valence-corrected chi connectivity index (χ4v) is 6.15. The van der Waals surface area contributed by atoms with E-state index in [9.17, 15) is 18.0 Å². The van der Waals surface area contributed by atoms with Crippen molar-refractivity contribution in [1.82, 2.24) is 20.0 Å². The number of aliphatic imine (C=N–C) groups is 1. The molecule has 5 rings (SSSR count). The number of Topliss-reactive ketones (excluding diaryl/α,β-unsaturated/α-hetero) is 1. The summed E-state index contributed by atoms with van der Waals surface area (Å²) in [6.07, 6.45) is 8.33. The summed E-state index contributed by atoms with van der Waals surface area (Å²) >= 11 is 0. The van der Waals surface area contributed by atoms with Crippen LogP contribution < -0.4 is 20.7 Å². The molecule has 11 nitrogen and oxygen atoms in total. The number of carbonyl (C=O) groups excluding carboxylic acids is 2. The van der Waals surface area contributed by atoms with Crippen molar-refractivity contribution in [1.29, 1.82) is 0 Å². The second-order valence-electron chi connectivity index (χ2n) is 9.89. The molecule has 0 aliphatic carbocycles. The van der Waals surface area contributed by atoms with E-state index in [1.807, 2.05) is 24.3 Å². The van der Waals surface area contributed by atoms with Crippen molar-refractivity contribution in [3.05, 3.63) is 66.9 Å². The summed E-state index contributed by atoms with van der Waals surface area (Å²) in [4.78, 5) is 40.9. The molecule has 0 bridgehead atoms. The molecule has 2 aliphatic heterocycles. The molecule has 12 heteroatoms. The molecule has 3 aromatic rings. The van der Waals surface area contributed by atoms with Crippen LogP contribution in [0.1, 0.15) is 19.3 Å². The van der Waals surface area contributed by atoms with Crippen molar-refractivity contribution in [3.63, 3.8) is 0 Å². The number of allylic oxidation sites excluding steroid dienone is 1. The second-order valence-corrected chi connectivity index (χ2v) is 11.7. The molecule has 1 aromatic heterocycles. The SMILES string of the molecule is Nc1nccc(N2CCC(C(=O)C3(CCNC(=O)CNS(=O)(=O)c4ccc5ccccc5c4)C=CC=N3)CC2)n1. The molecule has 1 saturated heterocycles. The third-order valence-electron chi connectivity index (χ3n) is 7.32. The average molecular weight is 562 g/mol. The van der Waals surface area contributed by atoms with Gasteiger partial charge in [-0.1, -0.05) is 30.3 Å². The van der Waals surface area contributed by atoms with E-state index in [-0.39, 0.29) is 35.5 Å². The molecule has 1 fully saturated rings. The highest BCUT2D eigenvalue weighted by atomic mass is 32.2. The predicted molar refractivity (Wildman–Crippen MR) is 154 cm³/mol. The summed E-state index contributed by atoms with van der Waals surface area (Å²) in [6, 6.07) is 14.0. The number of nitrogens with two attached hydrogens (primary N) is 1. The Bertz CT molecular complexity index is 1570. The topological polar surface area (TPSA) is 160 Å². The Morgan fingerprint density at radius 2 is 1.85 bits per heavy atom. The molecule has 0 spiro atoms. The van der Waals surface area contributed by atoms with Gasteiger partial charge in [0.2, 0.25) is 21.9 Å². The molecule has 2 aromatic carbocycles. The van der Waals surface area contributed by atoms with E-state index < -0.39 is 28.0 Å². The fraction of sp³-hybridized carbons (Fsp3) is 0.321. The van der Waals surface area contributed by atoms with Crippen molar-refractivity contribution in [2.45, 2.75) is 29.7 Å². The van der Waals surface area contributed by atoms with Gasteiger partial charge >= 0.3 is 0 Å². The Labute approximate surface area is 232 Å². The first-order valence-corrected chi connectivity index (χ1v) is 14.6. The van der Waals surface area contributed by atoms with Gasteiger partial charge in [0.05, 0.1) is 11.4 Å². The van der Waals surface area contributed by atoms with Crippen LogP contribution in [0.25, 0.3) is 10.8 Å². The van der Waals surface area contributed by atoms with Crippen LogP contribution in [-0.4, -0.2) is 68.0 Å². The normalized spacial score (nSPS) is 19.2. The summed E-state index contributed by atoms with van der Waals surface area (Å²) in [5, 5.41) is 4.43. The number of anilines is 2. The third-order valence-corrected chi connectivity index (χ3v) is 8.72. The van der Waals surface area contributed by atoms with E-state index in [4.69, 9.17) is 5.73 Å². The van der Waals surface area contributed by atoms with E-state index in [1.54, 1.807) is 42.8 Å². The number of nitrogens with one attached hydrogen (secondary N) is 2. The standard InChI is InChI=1S/C28H31N7O4S/c29-27-31-14-8-24(34-27)35-16-9-21(10-17-35)26(37)28(11-3-13-32-28)12-15-30-25(36)19-33-40(38,39)23-7-6-20-4-1-2-5-22(20)18-23/h1-8,11,13-14,18,21,33H,9-10,12,15-17,19H2,(H,30,36)(H2,29,31,34). The van der Waals surface area contributed by atoms with Gasteiger partial charge in [0, 0.05) is 44.4 Å². The lowest BCUT2D eigenvalue weighted by Gasteiger charge is -2.35. The first kappa shape index (κ1) is 27.4. The summed E-state index contributed by atoms with van der Waals surface area (Å²) < 4.78 is 27.8. The Morgan fingerprint density at radius 1 is 1.07 bits per heavy atom. The van der Waals surface area contributed by atoms with Crippen molar-refractivity contribution in [3.8, 4) is 0 Å². The molecule has 208 valence electrons. The number of piperidine rings is 1. The molecular weight excluding hydrogens is 530 g/mol. The Hall–Kier alpha value is -4.16. The number of rotatable bonds is 10. The number of hydrogen-bond acceptors (Lipinski definition) is 9. The van der Waals surface area contributed by atoms with Gasteiger partial charge in [-0.2, -0.15) is 4.98 Å². The zero-order valence-corrected chi connectivity index (χ0v) is 22.7. The molecule has 2 aliphatic rings. The smallest absolute Gasteiger partial charge is 0.241 e. The molecular formula is C28H31N7O4S. The van der Waals surface area contributed by atoms with Crippen molar-refractivity contribution in [2.75, 3.05) is 36.8 Å². The van der Waals surface area contributed by atoms with Crippen LogP contribution in [0.2, 0.25) is 0 Å². The van der Waals surface area contributed by atoms with Crippen molar-refractivity contribution in [2.24, 2.45) is 10.9 Å². The number of sulfonamides is 1. The van der Waals surface area contributed by atoms with Crippen LogP contribution >= 0.6 is 0 Å². The van der Waals surface area contributed by atoms with Crippen molar-refractivity contribution < 1.29 is 18.0 Å². The van der Waals surface area contributed by atoms with Gasteiger partial charge in [-0.25, -0.2) is 18.1 Å². The number of ketones is 1. The van der Waals surface area contributed by atoms with E-state index in [2.05, 4.69) is 29.9 Å². The Balaban J connectivity index is 1.12. The number of amides is 1. The Kier molecular flexibility index (Phi) is 7.90. The molecule has 3 heterocycles. The lowest BCUT2D eigenvalue weighted by Crippen LogP contribution is -2.46. The van der Waals surface area contributed by atoms with Gasteiger partial charge in [0.1, 0.15) is 11.4 Å². The summed E-state index contributed by atoms with van der Waals surface area (Å²) in [6.45, 7) is 1.07. The maximum Gasteiger partial charge on any atom is 0.241 e. The summed E-state index contributed by atoms with van der Waals surface area (Å²) in [5.74, 6) is 0.301. The van der Waals surface area contributed by atoms with Crippen LogP contribution in [0.4, 0.5) is 11.8 Å². The second kappa shape index (κ2) is 11.5. The minimum Gasteiger partial charge on any atom is -0.368 e. The van der Waals surface area contributed by atoms with Crippen molar-refractivity contribution >= 4 is 50.5 Å². The minimum absolute atomic E-state index is 0.0191. The molecule has 0 saturated carbocycles. The summed E-state index contributed by atoms with van der Waals surface area (Å²) in [7, 11) is -3.87. The number of aromatic nitrogens is 2. The molecule has 0 radical (unpaired) electrons. The molecule has 1 unspecified atom stereocenters. The highest BCUT2D eigenvalue weighted by Gasteiger charge is 2.41. The fourth-order valence-electron chi connectivity index (χ4n) is 5.14. The van der Waals surface area contributed by atoms with E-state index in [0.717, 1.165) is 16.6 Å². The number of carbonyl (C=O) groups is 2. The summed E-state index contributed by atoms with van der Waals surface area (Å²) in [5.41, 5.74) is 4.67. The lowest BCUT2D eigenvalue weighted by atomic mass is 9.79. The van der Waals surface area contributed by atoms with Gasteiger partial charge in [-0.15, -0.1) is 0 Å². The first-order chi connectivity index (χ1) is 19.3. The molecule has 1 amide bonds. The van der Waals surface area contributed by atoms with Crippen LogP contribution in [0.15, 0.2) is 76.8 Å². The lowest BCUT2D eigenvalue weighted by molar-refractivity contribution is -0.127. The van der Waals surface area contributed by atoms with Gasteiger partial charge in [-0.05, 0) is 54.0 Å². The monoisotopic (exact) mass is 561 g/mol. The van der Waals surface area contributed by atoms with Crippen LogP contribution in [-0.2, 0) is 19.6 Å². The van der Waals surface area contributed by atoms with Crippen LogP contribution in [0.3, 0.4) is 0 Å². The maximum atomic E-state index is 13.6. The van der Waals surface area contributed by atoms with Gasteiger partial charge < -0.3 is 16.0 Å². The van der Waals surface area contributed by atoms with Crippen LogP contribution in [0, 0.1) is 5.92 Å².